The lowest BCUT2D eigenvalue weighted by molar-refractivity contribution is -0.122. The van der Waals surface area contributed by atoms with Gasteiger partial charge in [-0.05, 0) is 48.2 Å². The number of carbonyl (C=O) groups excluding carboxylic acids is 3. The number of hydrogen-bond donors (Lipinski definition) is 2. The minimum absolute atomic E-state index is 0.222. The molecule has 1 aromatic heterocycles. The molecule has 214 valence electrons. The fourth-order valence-electron chi connectivity index (χ4n) is 5.79. The molecule has 2 aliphatic rings. The van der Waals surface area contributed by atoms with Crippen molar-refractivity contribution in [3.05, 3.63) is 117 Å². The number of H-pyrrole nitrogens is 1. The summed E-state index contributed by atoms with van der Waals surface area (Å²) in [5.74, 6) is -1.72. The third-order valence-electron chi connectivity index (χ3n) is 7.77. The van der Waals surface area contributed by atoms with Gasteiger partial charge >= 0.3 is 4.87 Å². The summed E-state index contributed by atoms with van der Waals surface area (Å²) in [4.78, 5) is 57.4. The molecule has 1 fully saturated rings. The molecule has 3 unspecified atom stereocenters. The molecule has 0 radical (unpaired) electrons. The van der Waals surface area contributed by atoms with Crippen LogP contribution in [0.2, 0.25) is 0 Å². The predicted octanol–water partition coefficient (Wildman–Crippen LogP) is 5.71. The van der Waals surface area contributed by atoms with Gasteiger partial charge in [0, 0.05) is 21.9 Å². The summed E-state index contributed by atoms with van der Waals surface area (Å²) in [5, 5.41) is 4.79. The van der Waals surface area contributed by atoms with Gasteiger partial charge < -0.3 is 15.0 Å². The number of imide groups is 1. The van der Waals surface area contributed by atoms with E-state index in [4.69, 9.17) is 4.74 Å². The Morgan fingerprint density at radius 3 is 2.53 bits per heavy atom. The van der Waals surface area contributed by atoms with Crippen molar-refractivity contribution < 1.29 is 19.1 Å². The molecule has 3 atom stereocenters. The third kappa shape index (κ3) is 4.92. The molecule has 10 heteroatoms. The number of nitrogens with one attached hydrogen (secondary N) is 2. The van der Waals surface area contributed by atoms with E-state index < -0.39 is 17.1 Å². The zero-order chi connectivity index (χ0) is 29.7. The minimum atomic E-state index is -0.706. The number of amides is 3. The van der Waals surface area contributed by atoms with Crippen LogP contribution in [0, 0.1) is 12.8 Å². The molecule has 7 rings (SSSR count). The van der Waals surface area contributed by atoms with Crippen LogP contribution in [0.25, 0.3) is 10.8 Å². The van der Waals surface area contributed by atoms with E-state index in [1.54, 1.807) is 30.3 Å². The molecular weight excluding hydrogens is 583 g/mol. The van der Waals surface area contributed by atoms with E-state index in [1.807, 2.05) is 67.6 Å². The number of anilines is 2. The first-order chi connectivity index (χ1) is 20.9. The van der Waals surface area contributed by atoms with Crippen LogP contribution in [0.5, 0.6) is 5.75 Å². The molecule has 0 bridgehead atoms. The molecule has 0 spiro atoms. The molecule has 3 amide bonds. The largest absolute Gasteiger partial charge is 0.484 e. The standard InChI is InChI=1S/C33H25N3O5S2/c1-18-12-14-21(15-13-18)36-31(38)27-26(28-30(35-33(40)43-28)42-29(27)32(36)39)20-8-4-9-22(16-20)41-17-25(37)34-24-11-5-7-19-6-2-3-10-23(19)24/h2-16,26-27,29H,17H2,1H3,(H,34,37)(H,35,40). The van der Waals surface area contributed by atoms with Crippen molar-refractivity contribution in [2.75, 3.05) is 16.8 Å². The summed E-state index contributed by atoms with van der Waals surface area (Å²) in [7, 11) is 0. The molecule has 0 saturated carbocycles. The first-order valence-corrected chi connectivity index (χ1v) is 15.4. The van der Waals surface area contributed by atoms with Crippen LogP contribution in [0.3, 0.4) is 0 Å². The van der Waals surface area contributed by atoms with Crippen LogP contribution in [-0.2, 0) is 14.4 Å². The lowest BCUT2D eigenvalue weighted by Gasteiger charge is -2.30. The summed E-state index contributed by atoms with van der Waals surface area (Å²) < 4.78 is 5.89. The number of rotatable bonds is 6. The first kappa shape index (κ1) is 27.2. The lowest BCUT2D eigenvalue weighted by Crippen LogP contribution is -2.32. The number of nitrogens with zero attached hydrogens (tertiary/aromatic N) is 1. The van der Waals surface area contributed by atoms with Crippen LogP contribution in [0.1, 0.15) is 21.9 Å². The number of carbonyl (C=O) groups is 3. The SMILES string of the molecule is Cc1ccc(N2C(=O)C3Sc4[nH]c(=O)sc4C(c4cccc(OCC(=O)Nc5cccc6ccccc56)c4)C3C2=O)cc1. The fourth-order valence-corrected chi connectivity index (χ4v) is 8.31. The Hall–Kier alpha value is -4.67. The average molecular weight is 608 g/mol. The summed E-state index contributed by atoms with van der Waals surface area (Å²) >= 11 is 2.29. The summed E-state index contributed by atoms with van der Waals surface area (Å²) in [5.41, 5.74) is 2.98. The number of benzene rings is 4. The van der Waals surface area contributed by atoms with Crippen molar-refractivity contribution in [3.63, 3.8) is 0 Å². The van der Waals surface area contributed by atoms with Crippen molar-refractivity contribution in [1.82, 2.24) is 4.98 Å². The highest BCUT2D eigenvalue weighted by molar-refractivity contribution is 8.00. The van der Waals surface area contributed by atoms with E-state index in [0.717, 1.165) is 33.2 Å². The Labute approximate surface area is 254 Å². The van der Waals surface area contributed by atoms with Gasteiger partial charge in [-0.3, -0.25) is 19.2 Å². The van der Waals surface area contributed by atoms with Gasteiger partial charge in [0.05, 0.1) is 16.6 Å². The van der Waals surface area contributed by atoms with Crippen molar-refractivity contribution in [2.45, 2.75) is 23.1 Å². The number of thiazole rings is 1. The van der Waals surface area contributed by atoms with Gasteiger partial charge in [0.25, 0.3) is 5.91 Å². The predicted molar refractivity (Wildman–Crippen MR) is 168 cm³/mol. The van der Waals surface area contributed by atoms with Gasteiger partial charge in [0.2, 0.25) is 11.8 Å². The van der Waals surface area contributed by atoms with Gasteiger partial charge in [0.15, 0.2) is 6.61 Å². The summed E-state index contributed by atoms with van der Waals surface area (Å²) in [6, 6.07) is 28.0. The second kappa shape index (κ2) is 10.9. The lowest BCUT2D eigenvalue weighted by atomic mass is 9.83. The molecule has 5 aromatic rings. The number of aryl methyl sites for hydroxylation is 1. The second-order valence-corrected chi connectivity index (χ2v) is 12.7. The zero-order valence-corrected chi connectivity index (χ0v) is 24.5. The number of aromatic nitrogens is 1. The van der Waals surface area contributed by atoms with Crippen LogP contribution < -0.4 is 19.8 Å². The smallest absolute Gasteiger partial charge is 0.305 e. The fraction of sp³-hybridized carbons (Fsp3) is 0.152. The van der Waals surface area contributed by atoms with Crippen molar-refractivity contribution in [2.24, 2.45) is 5.92 Å². The molecule has 1 saturated heterocycles. The number of thioether (sulfide) groups is 1. The van der Waals surface area contributed by atoms with E-state index in [0.29, 0.717) is 27.0 Å². The maximum atomic E-state index is 13.9. The van der Waals surface area contributed by atoms with Crippen LogP contribution in [-0.4, -0.2) is 34.6 Å². The highest BCUT2D eigenvalue weighted by Gasteiger charge is 2.56. The van der Waals surface area contributed by atoms with Crippen molar-refractivity contribution in [3.8, 4) is 5.75 Å². The number of ether oxygens (including phenoxy) is 1. The molecule has 0 aliphatic carbocycles. The maximum absolute atomic E-state index is 13.9. The van der Waals surface area contributed by atoms with E-state index in [2.05, 4.69) is 10.3 Å². The third-order valence-corrected chi connectivity index (χ3v) is 10.2. The average Bonchev–Trinajstić information content (AvgIpc) is 3.51. The van der Waals surface area contributed by atoms with E-state index >= 15 is 0 Å². The number of fused-ring (bicyclic) bond motifs is 3. The van der Waals surface area contributed by atoms with Crippen LogP contribution in [0.4, 0.5) is 11.4 Å². The molecule has 2 aliphatic heterocycles. The van der Waals surface area contributed by atoms with Crippen molar-refractivity contribution in [1.29, 1.82) is 0 Å². The summed E-state index contributed by atoms with van der Waals surface area (Å²) in [6.07, 6.45) is 0. The van der Waals surface area contributed by atoms with E-state index in [9.17, 15) is 19.2 Å². The highest BCUT2D eigenvalue weighted by Crippen LogP contribution is 2.53. The monoisotopic (exact) mass is 607 g/mol. The molecular formula is C33H25N3O5S2. The van der Waals surface area contributed by atoms with Gasteiger partial charge in [-0.2, -0.15) is 0 Å². The van der Waals surface area contributed by atoms with Gasteiger partial charge in [-0.15, -0.1) is 0 Å². The Kier molecular flexibility index (Phi) is 6.87. The number of aromatic amines is 1. The molecule has 2 N–H and O–H groups in total. The number of hydrogen-bond acceptors (Lipinski definition) is 7. The summed E-state index contributed by atoms with van der Waals surface area (Å²) in [6.45, 7) is 1.72. The van der Waals surface area contributed by atoms with Gasteiger partial charge in [-0.1, -0.05) is 89.3 Å². The van der Waals surface area contributed by atoms with Crippen molar-refractivity contribution >= 4 is 63.0 Å². The Morgan fingerprint density at radius 1 is 0.930 bits per heavy atom. The van der Waals surface area contributed by atoms with Crippen LogP contribution in [0.15, 0.2) is 101 Å². The van der Waals surface area contributed by atoms with E-state index in [-0.39, 0.29) is 29.2 Å². The Bertz CT molecular complexity index is 1960. The first-order valence-electron chi connectivity index (χ1n) is 13.7. The molecule has 4 aromatic carbocycles. The van der Waals surface area contributed by atoms with Gasteiger partial charge in [-0.25, -0.2) is 4.90 Å². The Morgan fingerprint density at radius 2 is 1.70 bits per heavy atom. The molecule has 3 heterocycles. The molecule has 43 heavy (non-hydrogen) atoms. The second-order valence-electron chi connectivity index (χ2n) is 10.5. The maximum Gasteiger partial charge on any atom is 0.305 e. The minimum Gasteiger partial charge on any atom is -0.484 e. The topological polar surface area (TPSA) is 109 Å². The molecule has 8 nitrogen and oxygen atoms in total. The highest BCUT2D eigenvalue weighted by atomic mass is 32.2. The van der Waals surface area contributed by atoms with Crippen LogP contribution >= 0.6 is 23.1 Å². The Balaban J connectivity index is 1.16. The van der Waals surface area contributed by atoms with Gasteiger partial charge in [0.1, 0.15) is 11.0 Å². The van der Waals surface area contributed by atoms with E-state index in [1.165, 1.54) is 16.7 Å². The zero-order valence-electron chi connectivity index (χ0n) is 22.9. The quantitative estimate of drug-likeness (QED) is 0.240. The normalized spacial score (nSPS) is 19.3.